The van der Waals surface area contributed by atoms with Gasteiger partial charge in [0.2, 0.25) is 5.43 Å². The summed E-state index contributed by atoms with van der Waals surface area (Å²) in [5.41, 5.74) is 6.11. The molecule has 3 heterocycles. The molecule has 7 nitrogen and oxygen atoms in total. The summed E-state index contributed by atoms with van der Waals surface area (Å²) in [6, 6.07) is 1.12. The Kier molecular flexibility index (Phi) is 4.10. The number of aromatic carboxylic acids is 1. The van der Waals surface area contributed by atoms with Crippen molar-refractivity contribution in [2.24, 2.45) is 17.6 Å². The van der Waals surface area contributed by atoms with Gasteiger partial charge < -0.3 is 25.0 Å². The van der Waals surface area contributed by atoms with Crippen molar-refractivity contribution in [2.75, 3.05) is 24.6 Å². The minimum Gasteiger partial charge on any atom is -0.487 e. The van der Waals surface area contributed by atoms with Crippen LogP contribution < -0.4 is 20.8 Å². The number of carbonyl (C=O) groups is 1. The summed E-state index contributed by atoms with van der Waals surface area (Å²) in [6.45, 7) is 3.54. The van der Waals surface area contributed by atoms with Crippen LogP contribution in [0.1, 0.15) is 42.6 Å². The SMILES string of the molecule is CC1COc2c(N3C[C@@H]4CCC[C@H](N)[C@@H]4C3)c(F)cc3c(=O)c(C(=O)O)cn1c23. The number of carboxylic acid groups (broad SMARTS) is 1. The third-order valence-electron chi connectivity index (χ3n) is 6.84. The van der Waals surface area contributed by atoms with Crippen LogP contribution in [-0.2, 0) is 0 Å². The number of ether oxygens (including phenoxy) is 1. The molecular weight excluding hydrogens is 377 g/mol. The number of benzene rings is 1. The van der Waals surface area contributed by atoms with Gasteiger partial charge >= 0.3 is 5.97 Å². The number of anilines is 1. The number of halogens is 1. The zero-order valence-electron chi connectivity index (χ0n) is 16.2. The number of hydrogen-bond acceptors (Lipinski definition) is 5. The molecule has 1 saturated carbocycles. The smallest absolute Gasteiger partial charge is 0.341 e. The van der Waals surface area contributed by atoms with Gasteiger partial charge in [0.05, 0.1) is 16.9 Å². The number of rotatable bonds is 2. The first kappa shape index (κ1) is 18.4. The number of aromatic nitrogens is 1. The van der Waals surface area contributed by atoms with Gasteiger partial charge in [0.15, 0.2) is 11.6 Å². The van der Waals surface area contributed by atoms with Crippen LogP contribution in [0.3, 0.4) is 0 Å². The van der Waals surface area contributed by atoms with Gasteiger partial charge in [-0.1, -0.05) is 6.42 Å². The Morgan fingerprint density at radius 2 is 2.14 bits per heavy atom. The number of nitrogens with zero attached hydrogens (tertiary/aromatic N) is 2. The second-order valence-electron chi connectivity index (χ2n) is 8.60. The lowest BCUT2D eigenvalue weighted by Gasteiger charge is -2.31. The third kappa shape index (κ3) is 2.65. The molecule has 1 aromatic carbocycles. The van der Waals surface area contributed by atoms with E-state index in [0.29, 0.717) is 41.9 Å². The number of hydrogen-bond donors (Lipinski definition) is 2. The summed E-state index contributed by atoms with van der Waals surface area (Å²) in [6.07, 6.45) is 4.53. The van der Waals surface area contributed by atoms with Crippen molar-refractivity contribution >= 4 is 22.6 Å². The molecule has 0 spiro atoms. The first-order valence-corrected chi connectivity index (χ1v) is 10.1. The van der Waals surface area contributed by atoms with Crippen LogP contribution in [0.25, 0.3) is 10.9 Å². The van der Waals surface area contributed by atoms with Crippen molar-refractivity contribution in [3.63, 3.8) is 0 Å². The molecule has 29 heavy (non-hydrogen) atoms. The fourth-order valence-corrected chi connectivity index (χ4v) is 5.36. The fourth-order valence-electron chi connectivity index (χ4n) is 5.36. The van der Waals surface area contributed by atoms with E-state index < -0.39 is 17.2 Å². The van der Waals surface area contributed by atoms with Crippen molar-refractivity contribution in [1.82, 2.24) is 4.57 Å². The van der Waals surface area contributed by atoms with Gasteiger partial charge in [-0.3, -0.25) is 4.79 Å². The Morgan fingerprint density at radius 3 is 2.86 bits per heavy atom. The summed E-state index contributed by atoms with van der Waals surface area (Å²) in [4.78, 5) is 26.2. The van der Waals surface area contributed by atoms with Gasteiger partial charge in [-0.05, 0) is 37.7 Å². The third-order valence-corrected chi connectivity index (χ3v) is 6.84. The Balaban J connectivity index is 1.71. The minimum absolute atomic E-state index is 0.0426. The average Bonchev–Trinajstić information content (AvgIpc) is 3.10. The lowest BCUT2D eigenvalue weighted by atomic mass is 9.78. The quantitative estimate of drug-likeness (QED) is 0.802. The van der Waals surface area contributed by atoms with Gasteiger partial charge in [-0.2, -0.15) is 0 Å². The Bertz CT molecular complexity index is 1080. The largest absolute Gasteiger partial charge is 0.487 e. The van der Waals surface area contributed by atoms with E-state index in [4.69, 9.17) is 10.5 Å². The molecule has 2 aliphatic heterocycles. The fraction of sp³-hybridized carbons (Fsp3) is 0.524. The molecule has 0 radical (unpaired) electrons. The maximum Gasteiger partial charge on any atom is 0.341 e. The summed E-state index contributed by atoms with van der Waals surface area (Å²) in [5.74, 6) is -0.784. The molecule has 3 aliphatic rings. The van der Waals surface area contributed by atoms with Crippen molar-refractivity contribution < 1.29 is 19.0 Å². The maximum atomic E-state index is 15.3. The Morgan fingerprint density at radius 1 is 1.34 bits per heavy atom. The molecule has 8 heteroatoms. The van der Waals surface area contributed by atoms with Gasteiger partial charge in [0.25, 0.3) is 0 Å². The molecule has 4 atom stereocenters. The first-order chi connectivity index (χ1) is 13.9. The molecule has 1 aliphatic carbocycles. The van der Waals surface area contributed by atoms with E-state index in [1.807, 2.05) is 11.8 Å². The van der Waals surface area contributed by atoms with Crippen LogP contribution in [-0.4, -0.2) is 41.4 Å². The van der Waals surface area contributed by atoms with Crippen LogP contribution in [0.5, 0.6) is 5.75 Å². The number of carboxylic acids is 1. The van der Waals surface area contributed by atoms with E-state index in [2.05, 4.69) is 0 Å². The lowest BCUT2D eigenvalue weighted by Crippen LogP contribution is -2.38. The standard InChI is InChI=1S/C21H24FN3O4/c1-10-9-29-20-17-12(19(26)14(21(27)28)8-25(10)17)5-15(22)18(20)24-6-11-3-2-4-16(23)13(11)7-24/h5,8,10-11,13,16H,2-4,6-7,9,23H2,1H3,(H,27,28)/t10?,11-,13+,16-/m0/s1. The van der Waals surface area contributed by atoms with Gasteiger partial charge in [-0.15, -0.1) is 0 Å². The van der Waals surface area contributed by atoms with Crippen molar-refractivity contribution in [3.8, 4) is 5.75 Å². The lowest BCUT2D eigenvalue weighted by molar-refractivity contribution is 0.0694. The molecule has 3 N–H and O–H groups in total. The molecule has 2 aromatic rings. The van der Waals surface area contributed by atoms with Crippen molar-refractivity contribution in [1.29, 1.82) is 0 Å². The van der Waals surface area contributed by atoms with Gasteiger partial charge in [-0.25, -0.2) is 9.18 Å². The Hall–Kier alpha value is -2.61. The molecule has 0 bridgehead atoms. The van der Waals surface area contributed by atoms with Gasteiger partial charge in [0, 0.05) is 25.3 Å². The van der Waals surface area contributed by atoms with E-state index in [0.717, 1.165) is 19.3 Å². The highest BCUT2D eigenvalue weighted by atomic mass is 19.1. The van der Waals surface area contributed by atoms with Crippen LogP contribution in [0.15, 0.2) is 17.1 Å². The zero-order chi connectivity index (χ0) is 20.4. The predicted octanol–water partition coefficient (Wildman–Crippen LogP) is 2.36. The van der Waals surface area contributed by atoms with E-state index in [-0.39, 0.29) is 29.6 Å². The van der Waals surface area contributed by atoms with Crippen molar-refractivity contribution in [2.45, 2.75) is 38.3 Å². The van der Waals surface area contributed by atoms with Crippen LogP contribution >= 0.6 is 0 Å². The number of pyridine rings is 1. The number of nitrogens with two attached hydrogens (primary N) is 1. The molecular formula is C21H24FN3O4. The molecule has 1 saturated heterocycles. The monoisotopic (exact) mass is 401 g/mol. The number of fused-ring (bicyclic) bond motifs is 1. The highest BCUT2D eigenvalue weighted by Crippen LogP contribution is 2.45. The van der Waals surface area contributed by atoms with Crippen molar-refractivity contribution in [3.05, 3.63) is 33.9 Å². The van der Waals surface area contributed by atoms with E-state index in [9.17, 15) is 14.7 Å². The molecule has 1 aromatic heterocycles. The van der Waals surface area contributed by atoms with Crippen LogP contribution in [0, 0.1) is 17.7 Å². The maximum absolute atomic E-state index is 15.3. The minimum atomic E-state index is -1.32. The molecule has 1 unspecified atom stereocenters. The normalized spacial score (nSPS) is 28.3. The zero-order valence-corrected chi connectivity index (χ0v) is 16.2. The van der Waals surface area contributed by atoms with E-state index in [1.165, 1.54) is 12.3 Å². The second kappa shape index (κ2) is 6.45. The molecule has 5 rings (SSSR count). The van der Waals surface area contributed by atoms with E-state index >= 15 is 4.39 Å². The van der Waals surface area contributed by atoms with Crippen LogP contribution in [0.4, 0.5) is 10.1 Å². The second-order valence-corrected chi connectivity index (χ2v) is 8.60. The molecule has 2 fully saturated rings. The summed E-state index contributed by atoms with van der Waals surface area (Å²) < 4.78 is 23.0. The highest BCUT2D eigenvalue weighted by Gasteiger charge is 2.41. The predicted molar refractivity (Wildman–Crippen MR) is 106 cm³/mol. The van der Waals surface area contributed by atoms with Gasteiger partial charge in [0.1, 0.15) is 17.9 Å². The first-order valence-electron chi connectivity index (χ1n) is 10.1. The Labute approximate surface area is 166 Å². The average molecular weight is 401 g/mol. The van der Waals surface area contributed by atoms with Crippen LogP contribution in [0.2, 0.25) is 0 Å². The summed E-state index contributed by atoms with van der Waals surface area (Å²) >= 11 is 0. The summed E-state index contributed by atoms with van der Waals surface area (Å²) in [5, 5.41) is 9.44. The van der Waals surface area contributed by atoms with E-state index in [1.54, 1.807) is 4.57 Å². The molecule has 0 amide bonds. The highest BCUT2D eigenvalue weighted by molar-refractivity contribution is 5.97. The topological polar surface area (TPSA) is 97.8 Å². The summed E-state index contributed by atoms with van der Waals surface area (Å²) in [7, 11) is 0. The molecule has 154 valence electrons.